The lowest BCUT2D eigenvalue weighted by atomic mass is 9.45. The molecular weight excluding hydrogens is 350 g/mol. The molecule has 4 saturated carbocycles. The molecule has 0 bridgehead atoms. The maximum absolute atomic E-state index is 13.3. The SMILES string of the molecule is CC(=O)O[C@H]1CC[C@@]2(C)[C@@H](CC[C@H]3C4C[C@H](NC(C)C)C(=O)[C@@]4(C)CC[C@@H]32)C1. The molecule has 0 spiro atoms. The molecule has 0 aliphatic heterocycles. The lowest BCUT2D eigenvalue weighted by molar-refractivity contribution is -0.160. The summed E-state index contributed by atoms with van der Waals surface area (Å²) in [7, 11) is 0. The van der Waals surface area contributed by atoms with Crippen LogP contribution in [0.4, 0.5) is 0 Å². The molecule has 4 fully saturated rings. The second kappa shape index (κ2) is 7.11. The average Bonchev–Trinajstić information content (AvgIpc) is 2.86. The van der Waals surface area contributed by atoms with E-state index in [-0.39, 0.29) is 23.5 Å². The highest BCUT2D eigenvalue weighted by Gasteiger charge is 2.62. The molecule has 0 aromatic rings. The van der Waals surface area contributed by atoms with Gasteiger partial charge in [-0.25, -0.2) is 0 Å². The van der Waals surface area contributed by atoms with Gasteiger partial charge in [0.2, 0.25) is 0 Å². The maximum Gasteiger partial charge on any atom is 0.302 e. The second-order valence-electron chi connectivity index (χ2n) is 11.1. The quantitative estimate of drug-likeness (QED) is 0.722. The lowest BCUT2D eigenvalue weighted by Gasteiger charge is -2.60. The summed E-state index contributed by atoms with van der Waals surface area (Å²) >= 11 is 0. The lowest BCUT2D eigenvalue weighted by Crippen LogP contribution is -2.54. The van der Waals surface area contributed by atoms with E-state index in [0.29, 0.717) is 35.0 Å². The van der Waals surface area contributed by atoms with E-state index in [0.717, 1.165) is 31.6 Å². The number of esters is 1. The number of ether oxygens (including phenoxy) is 1. The molecule has 1 N–H and O–H groups in total. The summed E-state index contributed by atoms with van der Waals surface area (Å²) in [5, 5.41) is 3.56. The summed E-state index contributed by atoms with van der Waals surface area (Å²) in [4.78, 5) is 24.7. The predicted molar refractivity (Wildman–Crippen MR) is 110 cm³/mol. The fourth-order valence-electron chi connectivity index (χ4n) is 7.93. The van der Waals surface area contributed by atoms with Crippen LogP contribution in [0.3, 0.4) is 0 Å². The molecule has 0 radical (unpaired) electrons. The van der Waals surface area contributed by atoms with E-state index < -0.39 is 0 Å². The third-order valence-corrected chi connectivity index (χ3v) is 9.24. The molecule has 0 aromatic carbocycles. The number of carbonyl (C=O) groups is 2. The van der Waals surface area contributed by atoms with Crippen molar-refractivity contribution in [2.24, 2.45) is 34.5 Å². The molecular formula is C24H39NO3. The van der Waals surface area contributed by atoms with E-state index in [9.17, 15) is 9.59 Å². The molecule has 0 heterocycles. The van der Waals surface area contributed by atoms with Gasteiger partial charge in [-0.2, -0.15) is 0 Å². The van der Waals surface area contributed by atoms with Crippen molar-refractivity contribution in [3.8, 4) is 0 Å². The standard InChI is InChI=1S/C24H39NO3/c1-14(2)25-21-13-20-18-7-6-16-12-17(28-15(3)26)8-10-23(16,4)19(18)9-11-24(20,5)22(21)27/h14,16-21,25H,6-13H2,1-5H3/t16-,17-,18+,19-,20?,21-,23-,24-/m0/s1. The number of rotatable bonds is 3. The number of Topliss-reactive ketones (excluding diaryl/α,β-unsaturated/α-hetero) is 1. The highest BCUT2D eigenvalue weighted by Crippen LogP contribution is 2.65. The van der Waals surface area contributed by atoms with Gasteiger partial charge >= 0.3 is 5.97 Å². The van der Waals surface area contributed by atoms with Gasteiger partial charge in [0.05, 0.1) is 6.04 Å². The third kappa shape index (κ3) is 3.14. The molecule has 0 amide bonds. The first-order valence-electron chi connectivity index (χ1n) is 11.6. The van der Waals surface area contributed by atoms with E-state index in [4.69, 9.17) is 4.74 Å². The summed E-state index contributed by atoms with van der Waals surface area (Å²) in [6, 6.07) is 0.414. The molecule has 4 nitrogen and oxygen atoms in total. The van der Waals surface area contributed by atoms with Crippen molar-refractivity contribution in [1.82, 2.24) is 5.32 Å². The van der Waals surface area contributed by atoms with E-state index in [1.165, 1.54) is 32.6 Å². The number of hydrogen-bond acceptors (Lipinski definition) is 4. The third-order valence-electron chi connectivity index (χ3n) is 9.24. The topological polar surface area (TPSA) is 55.4 Å². The zero-order valence-electron chi connectivity index (χ0n) is 18.4. The van der Waals surface area contributed by atoms with E-state index in [1.54, 1.807) is 0 Å². The van der Waals surface area contributed by atoms with Crippen LogP contribution in [0.1, 0.15) is 86.0 Å². The van der Waals surface area contributed by atoms with Crippen LogP contribution in [-0.2, 0) is 14.3 Å². The molecule has 28 heavy (non-hydrogen) atoms. The highest BCUT2D eigenvalue weighted by molar-refractivity contribution is 5.92. The van der Waals surface area contributed by atoms with Gasteiger partial charge in [0, 0.05) is 18.4 Å². The Labute approximate surface area is 170 Å². The summed E-state index contributed by atoms with van der Waals surface area (Å²) in [5.41, 5.74) is 0.235. The van der Waals surface area contributed by atoms with Crippen LogP contribution in [0.15, 0.2) is 0 Å². The van der Waals surface area contributed by atoms with Crippen molar-refractivity contribution >= 4 is 11.8 Å². The smallest absolute Gasteiger partial charge is 0.302 e. The minimum Gasteiger partial charge on any atom is -0.463 e. The van der Waals surface area contributed by atoms with Crippen LogP contribution in [-0.4, -0.2) is 29.9 Å². The van der Waals surface area contributed by atoms with Crippen LogP contribution in [0.25, 0.3) is 0 Å². The largest absolute Gasteiger partial charge is 0.463 e. The van der Waals surface area contributed by atoms with Crippen LogP contribution >= 0.6 is 0 Å². The first kappa shape index (κ1) is 20.4. The number of ketones is 1. The molecule has 8 atom stereocenters. The van der Waals surface area contributed by atoms with Crippen LogP contribution in [0.5, 0.6) is 0 Å². The zero-order valence-corrected chi connectivity index (χ0v) is 18.4. The predicted octanol–water partition coefficient (Wildman–Crippen LogP) is 4.51. The average molecular weight is 390 g/mol. The van der Waals surface area contributed by atoms with E-state index in [1.807, 2.05) is 0 Å². The van der Waals surface area contributed by atoms with Gasteiger partial charge in [-0.3, -0.25) is 9.59 Å². The van der Waals surface area contributed by atoms with Gasteiger partial charge in [-0.15, -0.1) is 0 Å². The molecule has 4 aliphatic carbocycles. The van der Waals surface area contributed by atoms with Crippen molar-refractivity contribution in [3.63, 3.8) is 0 Å². The van der Waals surface area contributed by atoms with Crippen molar-refractivity contribution in [1.29, 1.82) is 0 Å². The fourth-order valence-corrected chi connectivity index (χ4v) is 7.93. The first-order valence-corrected chi connectivity index (χ1v) is 11.6. The number of carbonyl (C=O) groups excluding carboxylic acids is 2. The second-order valence-corrected chi connectivity index (χ2v) is 11.1. The Hall–Kier alpha value is -0.900. The Bertz CT molecular complexity index is 646. The molecule has 4 aliphatic rings. The van der Waals surface area contributed by atoms with Gasteiger partial charge in [0.25, 0.3) is 0 Å². The number of hydrogen-bond donors (Lipinski definition) is 1. The Balaban J connectivity index is 1.53. The van der Waals surface area contributed by atoms with E-state index >= 15 is 0 Å². The van der Waals surface area contributed by atoms with Gasteiger partial charge in [-0.05, 0) is 80.5 Å². The van der Waals surface area contributed by atoms with Crippen molar-refractivity contribution in [2.75, 3.05) is 0 Å². The summed E-state index contributed by atoms with van der Waals surface area (Å²) in [6.07, 6.45) is 9.11. The molecule has 0 aromatic heterocycles. The van der Waals surface area contributed by atoms with Gasteiger partial charge in [-0.1, -0.05) is 27.7 Å². The molecule has 0 saturated heterocycles. The molecule has 158 valence electrons. The first-order chi connectivity index (χ1) is 13.1. The van der Waals surface area contributed by atoms with Crippen LogP contribution < -0.4 is 5.32 Å². The van der Waals surface area contributed by atoms with Crippen molar-refractivity contribution < 1.29 is 14.3 Å². The maximum atomic E-state index is 13.3. The van der Waals surface area contributed by atoms with Crippen molar-refractivity contribution in [2.45, 2.75) is 104 Å². The van der Waals surface area contributed by atoms with Gasteiger partial charge in [0.1, 0.15) is 6.10 Å². The zero-order chi connectivity index (χ0) is 20.3. The fraction of sp³-hybridized carbons (Fsp3) is 0.917. The van der Waals surface area contributed by atoms with Gasteiger partial charge < -0.3 is 10.1 Å². The monoisotopic (exact) mass is 389 g/mol. The molecule has 4 heteroatoms. The highest BCUT2D eigenvalue weighted by atomic mass is 16.5. The molecule has 4 rings (SSSR count). The summed E-state index contributed by atoms with van der Waals surface area (Å²) in [5.74, 6) is 2.97. The number of fused-ring (bicyclic) bond motifs is 5. The Morgan fingerprint density at radius 1 is 1.07 bits per heavy atom. The van der Waals surface area contributed by atoms with Gasteiger partial charge in [0.15, 0.2) is 5.78 Å². The van der Waals surface area contributed by atoms with Crippen molar-refractivity contribution in [3.05, 3.63) is 0 Å². The Morgan fingerprint density at radius 3 is 2.50 bits per heavy atom. The molecule has 1 unspecified atom stereocenters. The Kier molecular flexibility index (Phi) is 5.17. The number of nitrogens with one attached hydrogen (secondary N) is 1. The minimum absolute atomic E-state index is 0.0546. The van der Waals surface area contributed by atoms with Crippen LogP contribution in [0.2, 0.25) is 0 Å². The normalized spacial score (nSPS) is 48.0. The van der Waals surface area contributed by atoms with Crippen LogP contribution in [0, 0.1) is 34.5 Å². The minimum atomic E-state index is -0.135. The summed E-state index contributed by atoms with van der Waals surface area (Å²) < 4.78 is 5.58. The summed E-state index contributed by atoms with van der Waals surface area (Å²) in [6.45, 7) is 10.6. The van der Waals surface area contributed by atoms with E-state index in [2.05, 4.69) is 33.0 Å². The Morgan fingerprint density at radius 2 is 1.82 bits per heavy atom.